The number of halogens is 1. The van der Waals surface area contributed by atoms with Crippen LogP contribution in [-0.4, -0.2) is 82.3 Å². The highest BCUT2D eigenvalue weighted by atomic mass is 127. The van der Waals surface area contributed by atoms with Crippen LogP contribution >= 0.6 is 24.0 Å². The van der Waals surface area contributed by atoms with Crippen LogP contribution in [0.15, 0.2) is 4.99 Å². The lowest BCUT2D eigenvalue weighted by molar-refractivity contribution is 0.0958. The van der Waals surface area contributed by atoms with E-state index >= 15 is 0 Å². The third-order valence-corrected chi connectivity index (χ3v) is 6.58. The molecule has 3 atom stereocenters. The van der Waals surface area contributed by atoms with Crippen LogP contribution in [0.1, 0.15) is 32.6 Å². The highest BCUT2D eigenvalue weighted by molar-refractivity contribution is 14.0. The molecule has 2 aliphatic carbocycles. The number of aliphatic imine (C=N–C) groups is 1. The second kappa shape index (κ2) is 9.88. The fourth-order valence-electron chi connectivity index (χ4n) is 4.74. The molecule has 3 aliphatic rings. The van der Waals surface area contributed by atoms with E-state index in [0.717, 1.165) is 56.6 Å². The van der Waals surface area contributed by atoms with Gasteiger partial charge in [-0.15, -0.1) is 24.0 Å². The zero-order chi connectivity index (χ0) is 17.9. The molecular weight excluding hydrogens is 465 g/mol. The van der Waals surface area contributed by atoms with Gasteiger partial charge in [0.25, 0.3) is 0 Å². The molecule has 0 spiro atoms. The number of piperazine rings is 1. The molecule has 2 N–H and O–H groups in total. The Kier molecular flexibility index (Phi) is 8.42. The molecule has 1 heterocycles. The minimum absolute atomic E-state index is 0. The monoisotopic (exact) mass is 499 g/mol. The minimum Gasteiger partial charge on any atom is -0.357 e. The van der Waals surface area contributed by atoms with Crippen molar-refractivity contribution in [1.82, 2.24) is 19.8 Å². The normalized spacial score (nSPS) is 29.7. The first-order valence-electron chi connectivity index (χ1n) is 9.68. The lowest BCUT2D eigenvalue weighted by atomic mass is 9.93. The zero-order valence-corrected chi connectivity index (χ0v) is 19.1. The van der Waals surface area contributed by atoms with Gasteiger partial charge in [0.05, 0.1) is 12.8 Å². The molecule has 3 fully saturated rings. The number of hydrogen-bond donors (Lipinski definition) is 2. The maximum Gasteiger partial charge on any atom is 0.208 e. The Bertz CT molecular complexity index is 578. The molecule has 3 rings (SSSR count). The average molecular weight is 499 g/mol. The number of nitrogens with one attached hydrogen (secondary N) is 2. The van der Waals surface area contributed by atoms with Crippen molar-refractivity contribution in [3.63, 3.8) is 0 Å². The van der Waals surface area contributed by atoms with E-state index in [0.29, 0.717) is 13.1 Å². The molecule has 152 valence electrons. The van der Waals surface area contributed by atoms with Crippen molar-refractivity contribution in [1.29, 1.82) is 0 Å². The van der Waals surface area contributed by atoms with E-state index < -0.39 is 10.0 Å². The molecule has 0 aromatic heterocycles. The fraction of sp³-hybridized carbons (Fsp3) is 0.941. The standard InChI is InChI=1S/C17H33N5O2S.HI/c1-3-18-17(19-6-7-20-25(2,23)24)22-10-8-21(9-11-22)16-13-14-4-5-15(16)12-14;/h14-16,20H,3-13H2,1-2H3,(H,18,19);1H. The van der Waals surface area contributed by atoms with Crippen molar-refractivity contribution in [3.8, 4) is 0 Å². The van der Waals surface area contributed by atoms with Gasteiger partial charge in [-0.3, -0.25) is 9.89 Å². The van der Waals surface area contributed by atoms with Crippen LogP contribution in [-0.2, 0) is 10.0 Å². The second-order valence-corrected chi connectivity index (χ2v) is 9.50. The Hall–Kier alpha value is -0.130. The van der Waals surface area contributed by atoms with Crippen LogP contribution in [0, 0.1) is 11.8 Å². The summed E-state index contributed by atoms with van der Waals surface area (Å²) in [5.41, 5.74) is 0. The van der Waals surface area contributed by atoms with Gasteiger partial charge in [0.2, 0.25) is 10.0 Å². The van der Waals surface area contributed by atoms with Gasteiger partial charge >= 0.3 is 0 Å². The van der Waals surface area contributed by atoms with E-state index in [1.807, 2.05) is 0 Å². The van der Waals surface area contributed by atoms with E-state index in [1.165, 1.54) is 31.9 Å². The molecule has 9 heteroatoms. The third-order valence-electron chi connectivity index (χ3n) is 5.86. The van der Waals surface area contributed by atoms with Crippen LogP contribution in [0.25, 0.3) is 0 Å². The van der Waals surface area contributed by atoms with Gasteiger partial charge < -0.3 is 10.2 Å². The van der Waals surface area contributed by atoms with Crippen LogP contribution in [0.5, 0.6) is 0 Å². The Balaban J connectivity index is 0.00000243. The van der Waals surface area contributed by atoms with Crippen LogP contribution in [0.4, 0.5) is 0 Å². The summed E-state index contributed by atoms with van der Waals surface area (Å²) in [6.07, 6.45) is 6.95. The number of guanidine groups is 1. The van der Waals surface area contributed by atoms with E-state index in [-0.39, 0.29) is 24.0 Å². The molecule has 0 aromatic rings. The molecule has 1 saturated heterocycles. The minimum atomic E-state index is -3.14. The largest absolute Gasteiger partial charge is 0.357 e. The highest BCUT2D eigenvalue weighted by Crippen LogP contribution is 2.46. The molecule has 2 bridgehead atoms. The second-order valence-electron chi connectivity index (χ2n) is 7.67. The number of hydrogen-bond acceptors (Lipinski definition) is 4. The predicted octanol–water partition coefficient (Wildman–Crippen LogP) is 0.925. The van der Waals surface area contributed by atoms with Gasteiger partial charge in [0.15, 0.2) is 5.96 Å². The van der Waals surface area contributed by atoms with Gasteiger partial charge in [0.1, 0.15) is 0 Å². The Morgan fingerprint density at radius 2 is 1.88 bits per heavy atom. The Morgan fingerprint density at radius 3 is 2.42 bits per heavy atom. The summed E-state index contributed by atoms with van der Waals surface area (Å²) in [6.45, 7) is 7.92. The number of rotatable bonds is 6. The van der Waals surface area contributed by atoms with Gasteiger partial charge in [-0.1, -0.05) is 6.42 Å². The summed E-state index contributed by atoms with van der Waals surface area (Å²) < 4.78 is 24.7. The quantitative estimate of drug-likeness (QED) is 0.246. The fourth-order valence-corrected chi connectivity index (χ4v) is 5.20. The molecule has 26 heavy (non-hydrogen) atoms. The maximum absolute atomic E-state index is 11.1. The van der Waals surface area contributed by atoms with Crippen LogP contribution in [0.2, 0.25) is 0 Å². The zero-order valence-electron chi connectivity index (χ0n) is 16.0. The van der Waals surface area contributed by atoms with Crippen molar-refractivity contribution in [2.24, 2.45) is 16.8 Å². The molecule has 2 saturated carbocycles. The molecule has 0 aromatic carbocycles. The predicted molar refractivity (Wildman–Crippen MR) is 117 cm³/mol. The molecule has 0 radical (unpaired) electrons. The van der Waals surface area contributed by atoms with Crippen LogP contribution < -0.4 is 10.0 Å². The number of fused-ring (bicyclic) bond motifs is 2. The van der Waals surface area contributed by atoms with E-state index in [4.69, 9.17) is 0 Å². The third kappa shape index (κ3) is 5.93. The average Bonchev–Trinajstić information content (AvgIpc) is 3.20. The van der Waals surface area contributed by atoms with Gasteiger partial charge in [-0.05, 0) is 38.0 Å². The van der Waals surface area contributed by atoms with Gasteiger partial charge in [0, 0.05) is 45.3 Å². The van der Waals surface area contributed by atoms with Crippen molar-refractivity contribution in [2.75, 3.05) is 52.1 Å². The smallest absolute Gasteiger partial charge is 0.208 e. The lowest BCUT2D eigenvalue weighted by Gasteiger charge is -2.42. The van der Waals surface area contributed by atoms with Gasteiger partial charge in [-0.2, -0.15) is 0 Å². The highest BCUT2D eigenvalue weighted by Gasteiger charge is 2.42. The first-order chi connectivity index (χ1) is 12.0. The maximum atomic E-state index is 11.1. The van der Waals surface area contributed by atoms with E-state index in [2.05, 4.69) is 31.8 Å². The van der Waals surface area contributed by atoms with E-state index in [9.17, 15) is 8.42 Å². The van der Waals surface area contributed by atoms with Gasteiger partial charge in [-0.25, -0.2) is 13.1 Å². The number of nitrogens with zero attached hydrogens (tertiary/aromatic N) is 3. The molecule has 1 aliphatic heterocycles. The summed E-state index contributed by atoms with van der Waals surface area (Å²) in [7, 11) is -3.14. The summed E-state index contributed by atoms with van der Waals surface area (Å²) in [5, 5.41) is 3.34. The lowest BCUT2D eigenvalue weighted by Crippen LogP contribution is -2.55. The summed E-state index contributed by atoms with van der Waals surface area (Å²) >= 11 is 0. The van der Waals surface area contributed by atoms with Crippen molar-refractivity contribution >= 4 is 40.0 Å². The summed E-state index contributed by atoms with van der Waals surface area (Å²) in [4.78, 5) is 9.60. The number of sulfonamides is 1. The van der Waals surface area contributed by atoms with Crippen molar-refractivity contribution < 1.29 is 8.42 Å². The van der Waals surface area contributed by atoms with Crippen molar-refractivity contribution in [3.05, 3.63) is 0 Å². The SMILES string of the molecule is CCNC(=NCCNS(C)(=O)=O)N1CCN(C2CC3CCC2C3)CC1.I. The Morgan fingerprint density at radius 1 is 1.15 bits per heavy atom. The first kappa shape index (κ1) is 22.2. The summed E-state index contributed by atoms with van der Waals surface area (Å²) in [6, 6.07) is 0.819. The molecule has 0 amide bonds. The first-order valence-corrected chi connectivity index (χ1v) is 11.6. The van der Waals surface area contributed by atoms with Crippen LogP contribution in [0.3, 0.4) is 0 Å². The molecular formula is C17H34IN5O2S. The van der Waals surface area contributed by atoms with Crippen molar-refractivity contribution in [2.45, 2.75) is 38.6 Å². The molecule has 7 nitrogen and oxygen atoms in total. The molecule has 3 unspecified atom stereocenters. The van der Waals surface area contributed by atoms with E-state index in [1.54, 1.807) is 0 Å². The Labute approximate surface area is 175 Å². The topological polar surface area (TPSA) is 77.0 Å². The summed E-state index contributed by atoms with van der Waals surface area (Å²) in [5.74, 6) is 2.85.